The third-order valence-corrected chi connectivity index (χ3v) is 4.22. The summed E-state index contributed by atoms with van der Waals surface area (Å²) in [6.45, 7) is -0.309. The van der Waals surface area contributed by atoms with Gasteiger partial charge in [-0.2, -0.15) is 0 Å². The Morgan fingerprint density at radius 1 is 1.08 bits per heavy atom. The summed E-state index contributed by atoms with van der Waals surface area (Å²) >= 11 is 5.85. The van der Waals surface area contributed by atoms with E-state index >= 15 is 0 Å². The molecule has 1 aliphatic carbocycles. The third kappa shape index (κ3) is 4.36. The molecule has 0 atom stereocenters. The summed E-state index contributed by atoms with van der Waals surface area (Å²) in [5.74, 6) is -0.797. The topological polar surface area (TPSA) is 55.4 Å². The Morgan fingerprint density at radius 2 is 1.92 bits per heavy atom. The summed E-state index contributed by atoms with van der Waals surface area (Å²) in [4.78, 5) is 23.7. The van der Waals surface area contributed by atoms with E-state index in [4.69, 9.17) is 16.3 Å². The van der Waals surface area contributed by atoms with Gasteiger partial charge in [0.25, 0.3) is 5.91 Å². The quantitative estimate of drug-likeness (QED) is 0.845. The Morgan fingerprint density at radius 3 is 2.75 bits per heavy atom. The molecule has 0 saturated carbocycles. The van der Waals surface area contributed by atoms with Crippen LogP contribution in [-0.4, -0.2) is 18.5 Å². The number of rotatable bonds is 5. The van der Waals surface area contributed by atoms with Gasteiger partial charge in [0.2, 0.25) is 0 Å². The molecule has 0 fully saturated rings. The zero-order valence-electron chi connectivity index (χ0n) is 13.2. The first-order valence-electron chi connectivity index (χ1n) is 7.92. The fourth-order valence-corrected chi connectivity index (χ4v) is 3.05. The van der Waals surface area contributed by atoms with E-state index in [1.165, 1.54) is 17.5 Å². The number of hydrogen-bond donors (Lipinski definition) is 1. The van der Waals surface area contributed by atoms with Crippen LogP contribution in [0, 0.1) is 0 Å². The molecule has 3 rings (SSSR count). The van der Waals surface area contributed by atoms with Crippen molar-refractivity contribution < 1.29 is 14.3 Å². The molecule has 124 valence electrons. The predicted molar refractivity (Wildman–Crippen MR) is 93.2 cm³/mol. The average molecular weight is 344 g/mol. The molecule has 0 saturated heterocycles. The number of hydrogen-bond acceptors (Lipinski definition) is 3. The number of carbonyl (C=O) groups is 2. The molecule has 0 unspecified atom stereocenters. The second-order valence-electron chi connectivity index (χ2n) is 5.85. The van der Waals surface area contributed by atoms with Crippen molar-refractivity contribution in [3.63, 3.8) is 0 Å². The van der Waals surface area contributed by atoms with Crippen LogP contribution in [-0.2, 0) is 33.6 Å². The van der Waals surface area contributed by atoms with E-state index in [0.29, 0.717) is 10.7 Å². The van der Waals surface area contributed by atoms with Crippen molar-refractivity contribution in [1.29, 1.82) is 0 Å². The molecule has 1 aliphatic rings. The Balaban J connectivity index is 1.47. The maximum absolute atomic E-state index is 11.9. The number of halogens is 1. The van der Waals surface area contributed by atoms with Crippen molar-refractivity contribution in [2.24, 2.45) is 0 Å². The molecule has 0 spiro atoms. The molecule has 4 nitrogen and oxygen atoms in total. The maximum atomic E-state index is 11.9. The highest BCUT2D eigenvalue weighted by molar-refractivity contribution is 6.30. The highest BCUT2D eigenvalue weighted by Crippen LogP contribution is 2.23. The minimum absolute atomic E-state index is 0.178. The van der Waals surface area contributed by atoms with Gasteiger partial charge in [-0.1, -0.05) is 35.9 Å². The summed E-state index contributed by atoms with van der Waals surface area (Å²) in [6.07, 6.45) is 3.54. The van der Waals surface area contributed by atoms with Gasteiger partial charge in [0.15, 0.2) is 6.61 Å². The van der Waals surface area contributed by atoms with Crippen LogP contribution in [0.1, 0.15) is 23.1 Å². The Hall–Kier alpha value is -2.33. The van der Waals surface area contributed by atoms with E-state index < -0.39 is 5.97 Å². The van der Waals surface area contributed by atoms with Crippen molar-refractivity contribution in [3.05, 3.63) is 64.2 Å². The number of benzene rings is 2. The number of fused-ring (bicyclic) bond motifs is 1. The number of amides is 1. The molecular weight excluding hydrogens is 326 g/mol. The molecule has 2 aromatic rings. The van der Waals surface area contributed by atoms with Gasteiger partial charge in [-0.3, -0.25) is 9.59 Å². The zero-order valence-corrected chi connectivity index (χ0v) is 13.9. The molecule has 0 radical (unpaired) electrons. The van der Waals surface area contributed by atoms with Gasteiger partial charge in [-0.15, -0.1) is 0 Å². The molecule has 24 heavy (non-hydrogen) atoms. The van der Waals surface area contributed by atoms with Crippen LogP contribution in [0.15, 0.2) is 42.5 Å². The number of aryl methyl sites for hydroxylation is 2. The fourth-order valence-electron chi connectivity index (χ4n) is 2.86. The standard InChI is InChI=1S/C19H18ClNO3/c20-16-5-2-6-17(11-16)21-18(22)12-24-19(23)10-13-7-8-14-3-1-4-15(14)9-13/h2,5-9,11H,1,3-4,10,12H2,(H,21,22). The van der Waals surface area contributed by atoms with E-state index in [0.717, 1.165) is 18.4 Å². The lowest BCUT2D eigenvalue weighted by atomic mass is 10.0. The summed E-state index contributed by atoms with van der Waals surface area (Å²) in [5.41, 5.74) is 4.19. The maximum Gasteiger partial charge on any atom is 0.310 e. The van der Waals surface area contributed by atoms with E-state index in [1.54, 1.807) is 24.3 Å². The van der Waals surface area contributed by atoms with Crippen LogP contribution in [0.3, 0.4) is 0 Å². The monoisotopic (exact) mass is 343 g/mol. The van der Waals surface area contributed by atoms with Crippen LogP contribution in [0.2, 0.25) is 5.02 Å². The molecule has 1 N–H and O–H groups in total. The van der Waals surface area contributed by atoms with Crippen molar-refractivity contribution in [2.45, 2.75) is 25.7 Å². The summed E-state index contributed by atoms with van der Waals surface area (Å²) in [6, 6.07) is 12.9. The first kappa shape index (κ1) is 16.5. The molecular formula is C19H18ClNO3. The van der Waals surface area contributed by atoms with E-state index in [-0.39, 0.29) is 18.9 Å². The van der Waals surface area contributed by atoms with Gasteiger partial charge in [-0.05, 0) is 54.2 Å². The van der Waals surface area contributed by atoms with Crippen molar-refractivity contribution in [2.75, 3.05) is 11.9 Å². The third-order valence-electron chi connectivity index (χ3n) is 3.98. The largest absolute Gasteiger partial charge is 0.455 e. The van der Waals surface area contributed by atoms with Gasteiger partial charge >= 0.3 is 5.97 Å². The van der Waals surface area contributed by atoms with E-state index in [1.807, 2.05) is 6.07 Å². The van der Waals surface area contributed by atoms with Crippen LogP contribution in [0.5, 0.6) is 0 Å². The second-order valence-corrected chi connectivity index (χ2v) is 6.29. The summed E-state index contributed by atoms with van der Waals surface area (Å²) in [5, 5.41) is 3.16. The second kappa shape index (κ2) is 7.49. The highest BCUT2D eigenvalue weighted by Gasteiger charge is 2.13. The van der Waals surface area contributed by atoms with Crippen molar-refractivity contribution >= 4 is 29.2 Å². The summed E-state index contributed by atoms with van der Waals surface area (Å²) in [7, 11) is 0. The fraction of sp³-hybridized carbons (Fsp3) is 0.263. The van der Waals surface area contributed by atoms with Crippen LogP contribution in [0.25, 0.3) is 0 Å². The number of carbonyl (C=O) groups excluding carboxylic acids is 2. The highest BCUT2D eigenvalue weighted by atomic mass is 35.5. The Labute approximate surface area is 145 Å². The van der Waals surface area contributed by atoms with Gasteiger partial charge in [0.1, 0.15) is 0 Å². The van der Waals surface area contributed by atoms with Gasteiger partial charge in [-0.25, -0.2) is 0 Å². The van der Waals surface area contributed by atoms with Crippen LogP contribution in [0.4, 0.5) is 5.69 Å². The first-order valence-corrected chi connectivity index (χ1v) is 8.30. The van der Waals surface area contributed by atoms with Gasteiger partial charge in [0.05, 0.1) is 6.42 Å². The lowest BCUT2D eigenvalue weighted by Crippen LogP contribution is -2.21. The van der Waals surface area contributed by atoms with Crippen molar-refractivity contribution in [3.8, 4) is 0 Å². The smallest absolute Gasteiger partial charge is 0.310 e. The minimum Gasteiger partial charge on any atom is -0.455 e. The first-order chi connectivity index (χ1) is 11.6. The molecule has 1 amide bonds. The summed E-state index contributed by atoms with van der Waals surface area (Å²) < 4.78 is 5.05. The van der Waals surface area contributed by atoms with Crippen LogP contribution >= 0.6 is 11.6 Å². The van der Waals surface area contributed by atoms with Crippen LogP contribution < -0.4 is 5.32 Å². The van der Waals surface area contributed by atoms with Crippen molar-refractivity contribution in [1.82, 2.24) is 0 Å². The number of esters is 1. The van der Waals surface area contributed by atoms with E-state index in [2.05, 4.69) is 17.4 Å². The molecule has 0 aliphatic heterocycles. The van der Waals surface area contributed by atoms with E-state index in [9.17, 15) is 9.59 Å². The molecule has 0 aromatic heterocycles. The normalized spacial score (nSPS) is 12.5. The SMILES string of the molecule is O=C(COC(=O)Cc1ccc2c(c1)CCC2)Nc1cccc(Cl)c1. The van der Waals surface area contributed by atoms with Gasteiger partial charge in [0, 0.05) is 10.7 Å². The lowest BCUT2D eigenvalue weighted by molar-refractivity contribution is -0.146. The number of nitrogens with one attached hydrogen (secondary N) is 1. The minimum atomic E-state index is -0.408. The Bertz CT molecular complexity index is 773. The lowest BCUT2D eigenvalue weighted by Gasteiger charge is -2.08. The molecule has 2 aromatic carbocycles. The zero-order chi connectivity index (χ0) is 16.9. The van der Waals surface area contributed by atoms with Gasteiger partial charge < -0.3 is 10.1 Å². The number of anilines is 1. The molecule has 0 bridgehead atoms. The Kier molecular flexibility index (Phi) is 5.16. The molecule has 5 heteroatoms. The number of ether oxygens (including phenoxy) is 1. The average Bonchev–Trinajstić information content (AvgIpc) is 3.00. The molecule has 0 heterocycles. The predicted octanol–water partition coefficient (Wildman–Crippen LogP) is 3.55.